The first-order valence-corrected chi connectivity index (χ1v) is 6.81. The molecule has 3 nitrogen and oxygen atoms in total. The quantitative estimate of drug-likeness (QED) is 0.898. The van der Waals surface area contributed by atoms with Crippen LogP contribution in [0.4, 0.5) is 0 Å². The summed E-state index contributed by atoms with van der Waals surface area (Å²) in [5.74, 6) is 0.336. The largest absolute Gasteiger partial charge is 0.337 e. The molecule has 0 spiro atoms. The van der Waals surface area contributed by atoms with Gasteiger partial charge < -0.3 is 10.2 Å². The third-order valence-corrected chi connectivity index (χ3v) is 4.25. The minimum atomic E-state index is -0.202. The number of nitrogens with one attached hydrogen (secondary N) is 1. The van der Waals surface area contributed by atoms with Crippen molar-refractivity contribution in [3.63, 3.8) is 0 Å². The van der Waals surface area contributed by atoms with Crippen molar-refractivity contribution in [1.29, 1.82) is 0 Å². The molecule has 0 bridgehead atoms. The van der Waals surface area contributed by atoms with Crippen LogP contribution in [0.15, 0.2) is 30.3 Å². The van der Waals surface area contributed by atoms with E-state index in [4.69, 9.17) is 0 Å². The van der Waals surface area contributed by atoms with Crippen molar-refractivity contribution in [1.82, 2.24) is 10.2 Å². The normalized spacial score (nSPS) is 24.5. The number of nitrogens with zero attached hydrogens (tertiary/aromatic N) is 1. The lowest BCUT2D eigenvalue weighted by molar-refractivity contribution is -0.136. The molecule has 1 saturated heterocycles. The van der Waals surface area contributed by atoms with Gasteiger partial charge in [-0.25, -0.2) is 0 Å². The van der Waals surface area contributed by atoms with Gasteiger partial charge >= 0.3 is 0 Å². The van der Waals surface area contributed by atoms with Crippen molar-refractivity contribution in [3.05, 3.63) is 35.9 Å². The molecule has 1 heterocycles. The molecule has 1 aromatic rings. The van der Waals surface area contributed by atoms with E-state index < -0.39 is 0 Å². The smallest absolute Gasteiger partial charge is 0.233 e. The third-order valence-electron chi connectivity index (χ3n) is 4.25. The maximum Gasteiger partial charge on any atom is 0.233 e. The van der Waals surface area contributed by atoms with E-state index in [-0.39, 0.29) is 17.8 Å². The molecule has 2 aliphatic rings. The number of carbonyl (C=O) groups excluding carboxylic acids is 1. The van der Waals surface area contributed by atoms with E-state index in [0.29, 0.717) is 11.9 Å². The fourth-order valence-corrected chi connectivity index (χ4v) is 2.93. The third kappa shape index (κ3) is 2.49. The standard InChI is InChI=1S/C15H20N2O.ClH/c1-12-11-16-9-10-17(12)14(18)15(7-8-15)13-5-3-2-4-6-13;/h2-6,12,16H,7-11H2,1H3;1H. The Kier molecular flexibility index (Phi) is 4.16. The second-order valence-corrected chi connectivity index (χ2v) is 5.50. The fourth-order valence-electron chi connectivity index (χ4n) is 2.93. The Balaban J connectivity index is 0.00000133. The fraction of sp³-hybridized carbons (Fsp3) is 0.533. The first-order chi connectivity index (χ1) is 8.74. The molecule has 1 amide bonds. The van der Waals surface area contributed by atoms with Crippen molar-refractivity contribution in [2.45, 2.75) is 31.2 Å². The van der Waals surface area contributed by atoms with Gasteiger partial charge in [0.05, 0.1) is 5.41 Å². The van der Waals surface area contributed by atoms with Crippen LogP contribution < -0.4 is 5.32 Å². The molecule has 1 aliphatic heterocycles. The number of carbonyl (C=O) groups is 1. The van der Waals surface area contributed by atoms with Crippen molar-refractivity contribution >= 4 is 18.3 Å². The van der Waals surface area contributed by atoms with E-state index in [2.05, 4.69) is 29.3 Å². The Morgan fingerprint density at radius 2 is 2.00 bits per heavy atom. The molecule has 1 aliphatic carbocycles. The number of hydrogen-bond donors (Lipinski definition) is 1. The highest BCUT2D eigenvalue weighted by atomic mass is 35.5. The highest BCUT2D eigenvalue weighted by Crippen LogP contribution is 2.49. The molecule has 4 heteroatoms. The molecule has 0 radical (unpaired) electrons. The predicted octanol–water partition coefficient (Wildman–Crippen LogP) is 1.96. The molecule has 19 heavy (non-hydrogen) atoms. The number of halogens is 1. The first-order valence-electron chi connectivity index (χ1n) is 6.81. The van der Waals surface area contributed by atoms with Crippen LogP contribution in [0.2, 0.25) is 0 Å². The second-order valence-electron chi connectivity index (χ2n) is 5.50. The van der Waals surface area contributed by atoms with Crippen molar-refractivity contribution in [3.8, 4) is 0 Å². The summed E-state index contributed by atoms with van der Waals surface area (Å²) in [6.45, 7) is 4.80. The zero-order valence-electron chi connectivity index (χ0n) is 11.3. The lowest BCUT2D eigenvalue weighted by Gasteiger charge is -2.36. The number of hydrogen-bond acceptors (Lipinski definition) is 2. The first kappa shape index (κ1) is 14.4. The van der Waals surface area contributed by atoms with Gasteiger partial charge in [-0.3, -0.25) is 4.79 Å². The maximum atomic E-state index is 12.8. The summed E-state index contributed by atoms with van der Waals surface area (Å²) in [5.41, 5.74) is 0.994. The Bertz CT molecular complexity index is 445. The zero-order chi connectivity index (χ0) is 12.6. The van der Waals surface area contributed by atoms with Gasteiger partial charge in [0, 0.05) is 25.7 Å². The zero-order valence-corrected chi connectivity index (χ0v) is 12.1. The van der Waals surface area contributed by atoms with Gasteiger partial charge in [0.1, 0.15) is 0 Å². The SMILES string of the molecule is CC1CNCCN1C(=O)C1(c2ccccc2)CC1.Cl. The van der Waals surface area contributed by atoms with Crippen LogP contribution in [0.25, 0.3) is 0 Å². The van der Waals surface area contributed by atoms with Gasteiger partial charge in [-0.05, 0) is 25.3 Å². The molecular formula is C15H21ClN2O. The second kappa shape index (κ2) is 5.51. The van der Waals surface area contributed by atoms with E-state index in [1.165, 1.54) is 5.56 Å². The summed E-state index contributed by atoms with van der Waals surface area (Å²) >= 11 is 0. The monoisotopic (exact) mass is 280 g/mol. The lowest BCUT2D eigenvalue weighted by atomic mass is 9.93. The van der Waals surface area contributed by atoms with Gasteiger partial charge in [0.15, 0.2) is 0 Å². The van der Waals surface area contributed by atoms with E-state index in [1.807, 2.05) is 18.2 Å². The lowest BCUT2D eigenvalue weighted by Crippen LogP contribution is -2.54. The molecule has 2 fully saturated rings. The van der Waals surface area contributed by atoms with Gasteiger partial charge in [-0.1, -0.05) is 30.3 Å². The Hall–Kier alpha value is -1.06. The molecule has 1 saturated carbocycles. The van der Waals surface area contributed by atoms with Crippen molar-refractivity contribution < 1.29 is 4.79 Å². The maximum absolute atomic E-state index is 12.8. The summed E-state index contributed by atoms with van der Waals surface area (Å²) in [4.78, 5) is 14.9. The van der Waals surface area contributed by atoms with Gasteiger partial charge in [-0.2, -0.15) is 0 Å². The number of rotatable bonds is 2. The molecule has 1 aromatic carbocycles. The molecule has 0 aromatic heterocycles. The van der Waals surface area contributed by atoms with E-state index in [0.717, 1.165) is 32.5 Å². The highest BCUT2D eigenvalue weighted by Gasteiger charge is 2.53. The van der Waals surface area contributed by atoms with Crippen LogP contribution in [0.5, 0.6) is 0 Å². The summed E-state index contributed by atoms with van der Waals surface area (Å²) < 4.78 is 0. The Labute approximate surface area is 120 Å². The van der Waals surface area contributed by atoms with E-state index in [1.54, 1.807) is 0 Å². The van der Waals surface area contributed by atoms with Gasteiger partial charge in [-0.15, -0.1) is 12.4 Å². The van der Waals surface area contributed by atoms with Gasteiger partial charge in [0.25, 0.3) is 0 Å². The minimum absolute atomic E-state index is 0. The topological polar surface area (TPSA) is 32.3 Å². The van der Waals surface area contributed by atoms with Crippen LogP contribution in [0, 0.1) is 0 Å². The summed E-state index contributed by atoms with van der Waals surface area (Å²) in [7, 11) is 0. The number of benzene rings is 1. The number of amides is 1. The predicted molar refractivity (Wildman–Crippen MR) is 78.6 cm³/mol. The average molecular weight is 281 g/mol. The summed E-state index contributed by atoms with van der Waals surface area (Å²) in [6.07, 6.45) is 2.01. The van der Waals surface area contributed by atoms with E-state index >= 15 is 0 Å². The molecule has 104 valence electrons. The summed E-state index contributed by atoms with van der Waals surface area (Å²) in [5, 5.41) is 3.34. The molecule has 1 N–H and O–H groups in total. The van der Waals surface area contributed by atoms with Crippen molar-refractivity contribution in [2.24, 2.45) is 0 Å². The Morgan fingerprint density at radius 3 is 2.58 bits per heavy atom. The van der Waals surface area contributed by atoms with Crippen molar-refractivity contribution in [2.75, 3.05) is 19.6 Å². The van der Waals surface area contributed by atoms with Crippen LogP contribution in [0.1, 0.15) is 25.3 Å². The van der Waals surface area contributed by atoms with Crippen LogP contribution in [-0.2, 0) is 10.2 Å². The molecule has 3 rings (SSSR count). The average Bonchev–Trinajstić information content (AvgIpc) is 3.21. The van der Waals surface area contributed by atoms with Crippen LogP contribution in [-0.4, -0.2) is 36.5 Å². The highest BCUT2D eigenvalue weighted by molar-refractivity contribution is 5.91. The minimum Gasteiger partial charge on any atom is -0.337 e. The number of piperazine rings is 1. The molecule has 1 unspecified atom stereocenters. The Morgan fingerprint density at radius 1 is 1.32 bits per heavy atom. The van der Waals surface area contributed by atoms with Crippen LogP contribution in [0.3, 0.4) is 0 Å². The molecule has 1 atom stereocenters. The van der Waals surface area contributed by atoms with Gasteiger partial charge in [0.2, 0.25) is 5.91 Å². The van der Waals surface area contributed by atoms with E-state index in [9.17, 15) is 4.79 Å². The molecular weight excluding hydrogens is 260 g/mol. The van der Waals surface area contributed by atoms with Crippen LogP contribution >= 0.6 is 12.4 Å². The summed E-state index contributed by atoms with van der Waals surface area (Å²) in [6, 6.07) is 10.6.